The lowest BCUT2D eigenvalue weighted by Gasteiger charge is -2.41. The van der Waals surface area contributed by atoms with Crippen molar-refractivity contribution in [3.8, 4) is 0 Å². The van der Waals surface area contributed by atoms with Gasteiger partial charge in [0.25, 0.3) is 0 Å². The van der Waals surface area contributed by atoms with Gasteiger partial charge in [-0.15, -0.1) is 0 Å². The van der Waals surface area contributed by atoms with Crippen LogP contribution < -0.4 is 0 Å². The SMILES string of the molecule is O=C1C[C@@H](Cc2ccccc2)CN1CC(=O)N1CCOC2(CCCC2)C1. The number of carbonyl (C=O) groups excluding carboxylic acids is 2. The number of carbonyl (C=O) groups is 2. The Kier molecular flexibility index (Phi) is 4.98. The molecule has 1 aliphatic carbocycles. The van der Waals surface area contributed by atoms with Gasteiger partial charge in [0.05, 0.1) is 18.8 Å². The summed E-state index contributed by atoms with van der Waals surface area (Å²) >= 11 is 0. The zero-order valence-corrected chi connectivity index (χ0v) is 15.4. The van der Waals surface area contributed by atoms with Gasteiger partial charge in [-0.2, -0.15) is 0 Å². The summed E-state index contributed by atoms with van der Waals surface area (Å²) in [5.41, 5.74) is 1.15. The highest BCUT2D eigenvalue weighted by Crippen LogP contribution is 2.36. The molecule has 0 aromatic heterocycles. The summed E-state index contributed by atoms with van der Waals surface area (Å²) in [4.78, 5) is 28.8. The molecule has 2 amide bonds. The van der Waals surface area contributed by atoms with Crippen LogP contribution in [0.2, 0.25) is 0 Å². The monoisotopic (exact) mass is 356 g/mol. The Hall–Kier alpha value is -1.88. The minimum atomic E-state index is -0.112. The molecule has 1 spiro atoms. The van der Waals surface area contributed by atoms with Gasteiger partial charge < -0.3 is 14.5 Å². The lowest BCUT2D eigenvalue weighted by atomic mass is 9.99. The molecule has 3 fully saturated rings. The number of hydrogen-bond acceptors (Lipinski definition) is 3. The Bertz CT molecular complexity index is 654. The fraction of sp³-hybridized carbons (Fsp3) is 0.619. The number of hydrogen-bond donors (Lipinski definition) is 0. The molecule has 2 heterocycles. The molecule has 1 saturated carbocycles. The van der Waals surface area contributed by atoms with Crippen LogP contribution in [0.4, 0.5) is 0 Å². The maximum atomic E-state index is 12.8. The van der Waals surface area contributed by atoms with Gasteiger partial charge >= 0.3 is 0 Å². The fourth-order valence-corrected chi connectivity index (χ4v) is 4.73. The van der Waals surface area contributed by atoms with Crippen LogP contribution in [0.25, 0.3) is 0 Å². The molecular formula is C21H28N2O3. The van der Waals surface area contributed by atoms with E-state index in [9.17, 15) is 9.59 Å². The van der Waals surface area contributed by atoms with E-state index in [2.05, 4.69) is 12.1 Å². The van der Waals surface area contributed by atoms with E-state index in [0.717, 1.165) is 19.3 Å². The van der Waals surface area contributed by atoms with Crippen LogP contribution in [0.1, 0.15) is 37.7 Å². The molecular weight excluding hydrogens is 328 g/mol. The Morgan fingerprint density at radius 2 is 1.96 bits per heavy atom. The van der Waals surface area contributed by atoms with Crippen molar-refractivity contribution in [2.24, 2.45) is 5.92 Å². The van der Waals surface area contributed by atoms with E-state index >= 15 is 0 Å². The molecule has 3 aliphatic rings. The van der Waals surface area contributed by atoms with Crippen molar-refractivity contribution in [2.45, 2.75) is 44.1 Å². The highest BCUT2D eigenvalue weighted by molar-refractivity contribution is 5.86. The van der Waals surface area contributed by atoms with Gasteiger partial charge in [-0.3, -0.25) is 9.59 Å². The minimum Gasteiger partial charge on any atom is -0.371 e. The Labute approximate surface area is 155 Å². The van der Waals surface area contributed by atoms with E-state index in [-0.39, 0.29) is 24.0 Å². The molecule has 0 bridgehead atoms. The van der Waals surface area contributed by atoms with Crippen LogP contribution in [-0.2, 0) is 20.7 Å². The predicted octanol–water partition coefficient (Wildman–Crippen LogP) is 2.25. The van der Waals surface area contributed by atoms with Crippen LogP contribution in [0, 0.1) is 5.92 Å². The van der Waals surface area contributed by atoms with Crippen molar-refractivity contribution in [2.75, 3.05) is 32.8 Å². The van der Waals surface area contributed by atoms with Gasteiger partial charge in [-0.05, 0) is 30.7 Å². The molecule has 5 nitrogen and oxygen atoms in total. The first-order valence-electron chi connectivity index (χ1n) is 9.87. The van der Waals surface area contributed by atoms with Gasteiger partial charge in [0.15, 0.2) is 0 Å². The number of benzene rings is 1. The van der Waals surface area contributed by atoms with Gasteiger partial charge in [0.1, 0.15) is 0 Å². The normalized spacial score (nSPS) is 25.2. The predicted molar refractivity (Wildman–Crippen MR) is 98.6 cm³/mol. The van der Waals surface area contributed by atoms with E-state index in [1.54, 1.807) is 4.90 Å². The molecule has 26 heavy (non-hydrogen) atoms. The van der Waals surface area contributed by atoms with Crippen LogP contribution >= 0.6 is 0 Å². The van der Waals surface area contributed by atoms with E-state index < -0.39 is 0 Å². The van der Waals surface area contributed by atoms with Crippen molar-refractivity contribution in [3.63, 3.8) is 0 Å². The molecule has 1 aromatic carbocycles. The number of likely N-dealkylation sites (tertiary alicyclic amines) is 1. The number of ether oxygens (including phenoxy) is 1. The van der Waals surface area contributed by atoms with Crippen molar-refractivity contribution >= 4 is 11.8 Å². The van der Waals surface area contributed by atoms with Crippen LogP contribution in [0.15, 0.2) is 30.3 Å². The van der Waals surface area contributed by atoms with Gasteiger partial charge in [-0.1, -0.05) is 43.2 Å². The molecule has 2 saturated heterocycles. The summed E-state index contributed by atoms with van der Waals surface area (Å²) in [6.45, 7) is 2.88. The van der Waals surface area contributed by atoms with Crippen molar-refractivity contribution in [1.29, 1.82) is 0 Å². The number of nitrogens with zero attached hydrogens (tertiary/aromatic N) is 2. The molecule has 0 unspecified atom stereocenters. The van der Waals surface area contributed by atoms with Gasteiger partial charge in [0.2, 0.25) is 11.8 Å². The minimum absolute atomic E-state index is 0.0771. The average molecular weight is 356 g/mol. The zero-order chi connectivity index (χ0) is 18.0. The van der Waals surface area contributed by atoms with E-state index in [4.69, 9.17) is 4.74 Å². The van der Waals surface area contributed by atoms with Crippen LogP contribution in [0.3, 0.4) is 0 Å². The third-order valence-electron chi connectivity index (χ3n) is 6.10. The number of rotatable bonds is 4. The number of amides is 2. The Morgan fingerprint density at radius 1 is 1.19 bits per heavy atom. The molecule has 1 atom stereocenters. The second-order valence-corrected chi connectivity index (χ2v) is 8.09. The average Bonchev–Trinajstić information content (AvgIpc) is 3.23. The van der Waals surface area contributed by atoms with Crippen LogP contribution in [-0.4, -0.2) is 60.0 Å². The van der Waals surface area contributed by atoms with Crippen molar-refractivity contribution in [1.82, 2.24) is 9.80 Å². The summed E-state index contributed by atoms with van der Waals surface area (Å²) in [5.74, 6) is 0.500. The largest absolute Gasteiger partial charge is 0.371 e. The molecule has 0 radical (unpaired) electrons. The van der Waals surface area contributed by atoms with Gasteiger partial charge in [0, 0.05) is 26.1 Å². The summed E-state index contributed by atoms with van der Waals surface area (Å²) in [6, 6.07) is 10.3. The Morgan fingerprint density at radius 3 is 2.73 bits per heavy atom. The fourth-order valence-electron chi connectivity index (χ4n) is 4.73. The lowest BCUT2D eigenvalue weighted by molar-refractivity contribution is -0.152. The Balaban J connectivity index is 1.32. The topological polar surface area (TPSA) is 49.9 Å². The quantitative estimate of drug-likeness (QED) is 0.831. The molecule has 0 N–H and O–H groups in total. The first-order valence-corrected chi connectivity index (χ1v) is 9.87. The second kappa shape index (κ2) is 7.39. The maximum Gasteiger partial charge on any atom is 0.242 e. The molecule has 140 valence electrons. The van der Waals surface area contributed by atoms with E-state index in [1.165, 1.54) is 18.4 Å². The van der Waals surface area contributed by atoms with Gasteiger partial charge in [-0.25, -0.2) is 0 Å². The molecule has 2 aliphatic heterocycles. The summed E-state index contributed by atoms with van der Waals surface area (Å²) in [5, 5.41) is 0. The highest BCUT2D eigenvalue weighted by atomic mass is 16.5. The molecule has 4 rings (SSSR count). The lowest BCUT2D eigenvalue weighted by Crippen LogP contribution is -2.54. The van der Waals surface area contributed by atoms with Crippen LogP contribution in [0.5, 0.6) is 0 Å². The third kappa shape index (κ3) is 3.78. The van der Waals surface area contributed by atoms with Crippen molar-refractivity contribution < 1.29 is 14.3 Å². The standard InChI is InChI=1S/C21H28N2O3/c24-19-13-18(12-17-6-2-1-3-7-17)14-23(19)15-20(25)22-10-11-26-21(16-22)8-4-5-9-21/h1-3,6-7,18H,4-5,8-16H2/t18-/m1/s1. The first-order chi connectivity index (χ1) is 12.6. The number of morpholine rings is 1. The zero-order valence-electron chi connectivity index (χ0n) is 15.4. The van der Waals surface area contributed by atoms with Crippen molar-refractivity contribution in [3.05, 3.63) is 35.9 Å². The molecule has 1 aromatic rings. The third-order valence-corrected chi connectivity index (χ3v) is 6.10. The maximum absolute atomic E-state index is 12.8. The van der Waals surface area contributed by atoms with E-state index in [0.29, 0.717) is 38.6 Å². The second-order valence-electron chi connectivity index (χ2n) is 8.09. The smallest absolute Gasteiger partial charge is 0.242 e. The summed E-state index contributed by atoms with van der Waals surface area (Å²) < 4.78 is 6.01. The van der Waals surface area contributed by atoms with E-state index in [1.807, 2.05) is 23.1 Å². The first kappa shape index (κ1) is 17.5. The summed E-state index contributed by atoms with van der Waals surface area (Å²) in [6.07, 6.45) is 5.94. The summed E-state index contributed by atoms with van der Waals surface area (Å²) in [7, 11) is 0. The highest BCUT2D eigenvalue weighted by Gasteiger charge is 2.41. The molecule has 5 heteroatoms.